The molecule has 1 heterocycles. The predicted molar refractivity (Wildman–Crippen MR) is 58.3 cm³/mol. The van der Waals surface area contributed by atoms with E-state index < -0.39 is 5.60 Å². The quantitative estimate of drug-likeness (QED) is 0.712. The Hall–Kier alpha value is -0.570. The van der Waals surface area contributed by atoms with Gasteiger partial charge in [0.15, 0.2) is 0 Å². The van der Waals surface area contributed by atoms with E-state index in [0.29, 0.717) is 18.7 Å². The molecule has 86 valence electrons. The predicted octanol–water partition coefficient (Wildman–Crippen LogP) is 1.41. The van der Waals surface area contributed by atoms with Crippen LogP contribution >= 0.6 is 0 Å². The molecule has 1 amide bonds. The summed E-state index contributed by atoms with van der Waals surface area (Å²) in [5.41, 5.74) is -0.340. The summed E-state index contributed by atoms with van der Waals surface area (Å²) in [6, 6.07) is 0. The highest BCUT2D eigenvalue weighted by atomic mass is 16.3. The zero-order valence-corrected chi connectivity index (χ0v) is 9.92. The SMILES string of the molecule is CC1(O)CCN(C(=O)C2CC2(C)C)CC1. The molecule has 1 N–H and O–H groups in total. The molecule has 0 spiro atoms. The van der Waals surface area contributed by atoms with Crippen molar-refractivity contribution in [2.24, 2.45) is 11.3 Å². The standard InChI is InChI=1S/C12H21NO2/c1-11(2)8-9(11)10(14)13-6-4-12(3,15)5-7-13/h9,15H,4-8H2,1-3H3. The number of rotatable bonds is 1. The largest absolute Gasteiger partial charge is 0.390 e. The van der Waals surface area contributed by atoms with Gasteiger partial charge in [-0.3, -0.25) is 4.79 Å². The Kier molecular flexibility index (Phi) is 2.34. The van der Waals surface area contributed by atoms with Crippen molar-refractivity contribution in [1.29, 1.82) is 0 Å². The highest BCUT2D eigenvalue weighted by Gasteiger charge is 2.52. The third-order valence-corrected chi connectivity index (χ3v) is 3.96. The lowest BCUT2D eigenvalue weighted by Gasteiger charge is -2.36. The maximum atomic E-state index is 12.0. The molecular formula is C12H21NO2. The number of carbonyl (C=O) groups is 1. The molecule has 0 radical (unpaired) electrons. The first kappa shape index (κ1) is 10.9. The van der Waals surface area contributed by atoms with Gasteiger partial charge in [0.25, 0.3) is 0 Å². The van der Waals surface area contributed by atoms with Gasteiger partial charge in [-0.2, -0.15) is 0 Å². The van der Waals surface area contributed by atoms with Crippen molar-refractivity contribution in [3.8, 4) is 0 Å². The molecule has 1 saturated carbocycles. The number of nitrogens with zero attached hydrogens (tertiary/aromatic N) is 1. The Balaban J connectivity index is 1.89. The first-order valence-corrected chi connectivity index (χ1v) is 5.83. The fourth-order valence-electron chi connectivity index (χ4n) is 2.32. The minimum absolute atomic E-state index is 0.219. The summed E-state index contributed by atoms with van der Waals surface area (Å²) in [4.78, 5) is 14.0. The van der Waals surface area contributed by atoms with Crippen LogP contribution in [0.3, 0.4) is 0 Å². The van der Waals surface area contributed by atoms with Crippen LogP contribution in [0.5, 0.6) is 0 Å². The van der Waals surface area contributed by atoms with Gasteiger partial charge in [-0.1, -0.05) is 13.8 Å². The van der Waals surface area contributed by atoms with Gasteiger partial charge in [-0.15, -0.1) is 0 Å². The summed E-state index contributed by atoms with van der Waals surface area (Å²) in [7, 11) is 0. The molecule has 0 aromatic rings. The minimum Gasteiger partial charge on any atom is -0.390 e. The van der Waals surface area contributed by atoms with Crippen LogP contribution < -0.4 is 0 Å². The van der Waals surface area contributed by atoms with Crippen LogP contribution in [0.4, 0.5) is 0 Å². The van der Waals surface area contributed by atoms with Crippen molar-refractivity contribution < 1.29 is 9.90 Å². The number of amides is 1. The van der Waals surface area contributed by atoms with Crippen molar-refractivity contribution in [3.05, 3.63) is 0 Å². The summed E-state index contributed by atoms with van der Waals surface area (Å²) < 4.78 is 0. The molecular weight excluding hydrogens is 190 g/mol. The van der Waals surface area contributed by atoms with Gasteiger partial charge < -0.3 is 10.0 Å². The molecule has 1 aliphatic heterocycles. The Morgan fingerprint density at radius 3 is 2.13 bits per heavy atom. The van der Waals surface area contributed by atoms with Crippen molar-refractivity contribution in [2.45, 2.75) is 45.6 Å². The zero-order chi connectivity index (χ0) is 11.3. The molecule has 1 unspecified atom stereocenters. The van der Waals surface area contributed by atoms with E-state index in [0.717, 1.165) is 19.5 Å². The van der Waals surface area contributed by atoms with E-state index in [9.17, 15) is 9.90 Å². The number of carbonyl (C=O) groups excluding carboxylic acids is 1. The molecule has 2 aliphatic rings. The maximum absolute atomic E-state index is 12.0. The second-order valence-electron chi connectivity index (χ2n) is 6.07. The normalized spacial score (nSPS) is 32.5. The maximum Gasteiger partial charge on any atom is 0.226 e. The van der Waals surface area contributed by atoms with Crippen LogP contribution in [0.25, 0.3) is 0 Å². The molecule has 0 aromatic carbocycles. The molecule has 2 rings (SSSR count). The first-order valence-electron chi connectivity index (χ1n) is 5.83. The highest BCUT2D eigenvalue weighted by Crippen LogP contribution is 2.52. The molecule has 0 bridgehead atoms. The summed E-state index contributed by atoms with van der Waals surface area (Å²) in [6.45, 7) is 7.60. The minimum atomic E-state index is -0.560. The lowest BCUT2D eigenvalue weighted by Crippen LogP contribution is -2.46. The number of piperidine rings is 1. The van der Waals surface area contributed by atoms with E-state index >= 15 is 0 Å². The fourth-order valence-corrected chi connectivity index (χ4v) is 2.32. The van der Waals surface area contributed by atoms with Crippen molar-refractivity contribution in [1.82, 2.24) is 4.90 Å². The average Bonchev–Trinajstić information content (AvgIpc) is 2.74. The van der Waals surface area contributed by atoms with Crippen molar-refractivity contribution in [3.63, 3.8) is 0 Å². The van der Waals surface area contributed by atoms with Crippen molar-refractivity contribution in [2.75, 3.05) is 13.1 Å². The van der Waals surface area contributed by atoms with Gasteiger partial charge in [0.2, 0.25) is 5.91 Å². The summed E-state index contributed by atoms with van der Waals surface area (Å²) in [6.07, 6.45) is 2.45. The summed E-state index contributed by atoms with van der Waals surface area (Å²) in [5.74, 6) is 0.538. The molecule has 3 heteroatoms. The number of hydrogen-bond acceptors (Lipinski definition) is 2. The molecule has 1 saturated heterocycles. The second-order valence-corrected chi connectivity index (χ2v) is 6.07. The Morgan fingerprint density at radius 2 is 1.73 bits per heavy atom. The van der Waals surface area contributed by atoms with Crippen LogP contribution in [0, 0.1) is 11.3 Å². The van der Waals surface area contributed by atoms with Crippen LogP contribution in [-0.4, -0.2) is 34.6 Å². The Labute approximate surface area is 91.5 Å². The van der Waals surface area contributed by atoms with E-state index in [1.165, 1.54) is 0 Å². The van der Waals surface area contributed by atoms with Crippen LogP contribution in [-0.2, 0) is 4.79 Å². The second kappa shape index (κ2) is 3.21. The molecule has 0 aromatic heterocycles. The lowest BCUT2D eigenvalue weighted by molar-refractivity contribution is -0.137. The first-order chi connectivity index (χ1) is 6.82. The highest BCUT2D eigenvalue weighted by molar-refractivity contribution is 5.82. The fraction of sp³-hybridized carbons (Fsp3) is 0.917. The van der Waals surface area contributed by atoms with Gasteiger partial charge >= 0.3 is 0 Å². The van der Waals surface area contributed by atoms with Crippen molar-refractivity contribution >= 4 is 5.91 Å². The van der Waals surface area contributed by atoms with E-state index in [-0.39, 0.29) is 11.3 Å². The number of likely N-dealkylation sites (tertiary alicyclic amines) is 1. The molecule has 2 fully saturated rings. The Bertz CT molecular complexity index is 273. The van der Waals surface area contributed by atoms with E-state index in [1.54, 1.807) is 0 Å². The third kappa shape index (κ3) is 2.17. The number of aliphatic hydroxyl groups is 1. The Morgan fingerprint density at radius 1 is 1.27 bits per heavy atom. The smallest absolute Gasteiger partial charge is 0.226 e. The number of hydrogen-bond donors (Lipinski definition) is 1. The van der Waals surface area contributed by atoms with Gasteiger partial charge in [-0.05, 0) is 31.6 Å². The molecule has 1 atom stereocenters. The van der Waals surface area contributed by atoms with E-state index in [1.807, 2.05) is 11.8 Å². The van der Waals surface area contributed by atoms with Crippen LogP contribution in [0.15, 0.2) is 0 Å². The van der Waals surface area contributed by atoms with Crippen LogP contribution in [0.2, 0.25) is 0 Å². The van der Waals surface area contributed by atoms with Gasteiger partial charge in [0.1, 0.15) is 0 Å². The lowest BCUT2D eigenvalue weighted by atomic mass is 9.93. The van der Waals surface area contributed by atoms with Gasteiger partial charge in [0, 0.05) is 19.0 Å². The van der Waals surface area contributed by atoms with E-state index in [2.05, 4.69) is 13.8 Å². The van der Waals surface area contributed by atoms with E-state index in [4.69, 9.17) is 0 Å². The molecule has 3 nitrogen and oxygen atoms in total. The topological polar surface area (TPSA) is 40.5 Å². The zero-order valence-electron chi connectivity index (χ0n) is 9.92. The average molecular weight is 211 g/mol. The third-order valence-electron chi connectivity index (χ3n) is 3.96. The monoisotopic (exact) mass is 211 g/mol. The molecule has 15 heavy (non-hydrogen) atoms. The summed E-state index contributed by atoms with van der Waals surface area (Å²) in [5, 5.41) is 9.79. The van der Waals surface area contributed by atoms with Crippen LogP contribution in [0.1, 0.15) is 40.0 Å². The summed E-state index contributed by atoms with van der Waals surface area (Å²) >= 11 is 0. The van der Waals surface area contributed by atoms with Gasteiger partial charge in [0.05, 0.1) is 5.60 Å². The molecule has 1 aliphatic carbocycles. The van der Waals surface area contributed by atoms with Gasteiger partial charge in [-0.25, -0.2) is 0 Å².